The number of ether oxygens (including phenoxy) is 1. The molecule has 112 valence electrons. The minimum absolute atomic E-state index is 0.454. The fourth-order valence-electron chi connectivity index (χ4n) is 1.97. The van der Waals surface area contributed by atoms with E-state index in [0.29, 0.717) is 6.61 Å². The van der Waals surface area contributed by atoms with Gasteiger partial charge in [-0.2, -0.15) is 0 Å². The summed E-state index contributed by atoms with van der Waals surface area (Å²) in [5.74, 6) is 1.59. The van der Waals surface area contributed by atoms with Crippen LogP contribution in [0.3, 0.4) is 0 Å². The molecule has 2 aromatic rings. The molecule has 0 aliphatic carbocycles. The second kappa shape index (κ2) is 8.37. The molecule has 0 saturated heterocycles. The van der Waals surface area contributed by atoms with Crippen molar-refractivity contribution in [2.24, 2.45) is 0 Å². The second-order valence-electron chi connectivity index (χ2n) is 4.90. The van der Waals surface area contributed by atoms with Crippen LogP contribution in [0, 0.1) is 0 Å². The predicted molar refractivity (Wildman–Crippen MR) is 86.2 cm³/mol. The van der Waals surface area contributed by atoms with Crippen molar-refractivity contribution >= 4 is 5.82 Å². The van der Waals surface area contributed by atoms with E-state index in [4.69, 9.17) is 4.74 Å². The van der Waals surface area contributed by atoms with Crippen LogP contribution in [0.15, 0.2) is 36.4 Å². The number of nitrogens with one attached hydrogen (secondary N) is 1. The fourth-order valence-corrected chi connectivity index (χ4v) is 1.97. The maximum atomic E-state index is 5.57. The van der Waals surface area contributed by atoms with Gasteiger partial charge in [-0.3, -0.25) is 0 Å². The molecule has 0 aliphatic heterocycles. The van der Waals surface area contributed by atoms with Gasteiger partial charge in [-0.1, -0.05) is 44.2 Å². The Balaban J connectivity index is 2.23. The molecule has 1 N–H and O–H groups in total. The Bertz CT molecular complexity index is 543. The molecule has 0 unspecified atom stereocenters. The van der Waals surface area contributed by atoms with Gasteiger partial charge >= 0.3 is 0 Å². The molecule has 4 nitrogen and oxygen atoms in total. The van der Waals surface area contributed by atoms with Crippen LogP contribution in [0.4, 0.5) is 5.82 Å². The van der Waals surface area contributed by atoms with Gasteiger partial charge in [0.1, 0.15) is 12.4 Å². The van der Waals surface area contributed by atoms with Gasteiger partial charge < -0.3 is 10.1 Å². The number of aromatic nitrogens is 2. The first-order valence-corrected chi connectivity index (χ1v) is 7.58. The van der Waals surface area contributed by atoms with Crippen LogP contribution in [-0.2, 0) is 11.3 Å². The van der Waals surface area contributed by atoms with Crippen molar-refractivity contribution in [3.63, 3.8) is 0 Å². The topological polar surface area (TPSA) is 47.0 Å². The van der Waals surface area contributed by atoms with Crippen LogP contribution in [0.1, 0.15) is 32.5 Å². The van der Waals surface area contributed by atoms with Crippen molar-refractivity contribution in [3.8, 4) is 11.3 Å². The zero-order valence-electron chi connectivity index (χ0n) is 12.8. The highest BCUT2D eigenvalue weighted by molar-refractivity contribution is 5.62. The lowest BCUT2D eigenvalue weighted by Crippen LogP contribution is -2.07. The van der Waals surface area contributed by atoms with Crippen LogP contribution in [-0.4, -0.2) is 23.1 Å². The van der Waals surface area contributed by atoms with Crippen LogP contribution >= 0.6 is 0 Å². The predicted octanol–water partition coefficient (Wildman–Crippen LogP) is 3.89. The van der Waals surface area contributed by atoms with Crippen molar-refractivity contribution < 1.29 is 4.74 Å². The van der Waals surface area contributed by atoms with Gasteiger partial charge in [-0.15, -0.1) is 0 Å². The van der Waals surface area contributed by atoms with Gasteiger partial charge in [0.05, 0.1) is 5.69 Å². The number of anilines is 1. The smallest absolute Gasteiger partial charge is 0.157 e. The second-order valence-corrected chi connectivity index (χ2v) is 4.90. The Morgan fingerprint density at radius 1 is 1.05 bits per heavy atom. The van der Waals surface area contributed by atoms with E-state index in [9.17, 15) is 0 Å². The van der Waals surface area contributed by atoms with E-state index in [2.05, 4.69) is 41.3 Å². The molecule has 0 atom stereocenters. The van der Waals surface area contributed by atoms with Crippen LogP contribution in [0.25, 0.3) is 11.3 Å². The first-order valence-electron chi connectivity index (χ1n) is 7.58. The lowest BCUT2D eigenvalue weighted by atomic mass is 10.1. The normalized spacial score (nSPS) is 10.6. The molecule has 1 aromatic heterocycles. The van der Waals surface area contributed by atoms with Crippen molar-refractivity contribution in [2.45, 2.75) is 33.3 Å². The largest absolute Gasteiger partial charge is 0.373 e. The van der Waals surface area contributed by atoms with Crippen LogP contribution in [0.5, 0.6) is 0 Å². The molecule has 0 bridgehead atoms. The minimum atomic E-state index is 0.454. The summed E-state index contributed by atoms with van der Waals surface area (Å²) >= 11 is 0. The van der Waals surface area contributed by atoms with E-state index in [-0.39, 0.29) is 0 Å². The van der Waals surface area contributed by atoms with Crippen LogP contribution < -0.4 is 5.32 Å². The maximum Gasteiger partial charge on any atom is 0.157 e. The molecule has 21 heavy (non-hydrogen) atoms. The van der Waals surface area contributed by atoms with E-state index >= 15 is 0 Å². The zero-order chi connectivity index (χ0) is 14.9. The monoisotopic (exact) mass is 285 g/mol. The van der Waals surface area contributed by atoms with Gasteiger partial charge in [0, 0.05) is 24.8 Å². The summed E-state index contributed by atoms with van der Waals surface area (Å²) in [5.41, 5.74) is 2.02. The molecule has 0 fully saturated rings. The van der Waals surface area contributed by atoms with Crippen LogP contribution in [0.2, 0.25) is 0 Å². The Labute approximate surface area is 126 Å². The Morgan fingerprint density at radius 3 is 2.57 bits per heavy atom. The van der Waals surface area contributed by atoms with E-state index < -0.39 is 0 Å². The summed E-state index contributed by atoms with van der Waals surface area (Å²) in [5, 5.41) is 3.33. The van der Waals surface area contributed by atoms with Gasteiger partial charge in [-0.05, 0) is 12.8 Å². The van der Waals surface area contributed by atoms with E-state index in [1.807, 2.05) is 24.3 Å². The third kappa shape index (κ3) is 4.83. The van der Waals surface area contributed by atoms with E-state index in [0.717, 1.165) is 48.9 Å². The third-order valence-corrected chi connectivity index (χ3v) is 2.98. The number of hydrogen-bond donors (Lipinski definition) is 1. The van der Waals surface area contributed by atoms with Gasteiger partial charge in [0.15, 0.2) is 5.82 Å². The highest BCUT2D eigenvalue weighted by Gasteiger charge is 2.06. The molecular weight excluding hydrogens is 262 g/mol. The molecule has 0 spiro atoms. The minimum Gasteiger partial charge on any atom is -0.373 e. The van der Waals surface area contributed by atoms with Crippen molar-refractivity contribution in [1.82, 2.24) is 9.97 Å². The SMILES string of the molecule is CCCNc1cc(-c2ccccc2)nc(COCCC)n1. The Kier molecular flexibility index (Phi) is 6.16. The maximum absolute atomic E-state index is 5.57. The molecule has 2 rings (SSSR count). The Hall–Kier alpha value is -1.94. The molecular formula is C17H23N3O. The van der Waals surface area contributed by atoms with Gasteiger partial charge in [0.2, 0.25) is 0 Å². The van der Waals surface area contributed by atoms with Gasteiger partial charge in [-0.25, -0.2) is 9.97 Å². The zero-order valence-corrected chi connectivity index (χ0v) is 12.8. The lowest BCUT2D eigenvalue weighted by Gasteiger charge is -2.10. The molecule has 0 aliphatic rings. The number of rotatable bonds is 8. The number of nitrogens with zero attached hydrogens (tertiary/aromatic N) is 2. The van der Waals surface area contributed by atoms with Crippen molar-refractivity contribution in [1.29, 1.82) is 0 Å². The average molecular weight is 285 g/mol. The highest BCUT2D eigenvalue weighted by Crippen LogP contribution is 2.20. The Morgan fingerprint density at radius 2 is 1.86 bits per heavy atom. The van der Waals surface area contributed by atoms with E-state index in [1.165, 1.54) is 0 Å². The summed E-state index contributed by atoms with van der Waals surface area (Å²) in [6.45, 7) is 6.32. The summed E-state index contributed by atoms with van der Waals surface area (Å²) < 4.78 is 5.57. The van der Waals surface area contributed by atoms with Crippen molar-refractivity contribution in [2.75, 3.05) is 18.5 Å². The first-order chi connectivity index (χ1) is 10.3. The molecule has 1 aromatic carbocycles. The highest BCUT2D eigenvalue weighted by atomic mass is 16.5. The standard InChI is InChI=1S/C17H23N3O/c1-3-10-18-16-12-15(14-8-6-5-7-9-14)19-17(20-16)13-21-11-4-2/h5-9,12H,3-4,10-11,13H2,1-2H3,(H,18,19,20). The number of benzene rings is 1. The third-order valence-electron chi connectivity index (χ3n) is 2.98. The summed E-state index contributed by atoms with van der Waals surface area (Å²) in [6.07, 6.45) is 2.06. The average Bonchev–Trinajstić information content (AvgIpc) is 2.54. The van der Waals surface area contributed by atoms with Gasteiger partial charge in [0.25, 0.3) is 0 Å². The number of hydrogen-bond acceptors (Lipinski definition) is 4. The summed E-state index contributed by atoms with van der Waals surface area (Å²) in [6, 6.07) is 12.2. The summed E-state index contributed by atoms with van der Waals surface area (Å²) in [4.78, 5) is 9.13. The van der Waals surface area contributed by atoms with Crippen molar-refractivity contribution in [3.05, 3.63) is 42.2 Å². The molecule has 0 amide bonds. The molecule has 0 radical (unpaired) electrons. The summed E-state index contributed by atoms with van der Waals surface area (Å²) in [7, 11) is 0. The molecule has 1 heterocycles. The quantitative estimate of drug-likeness (QED) is 0.747. The molecule has 4 heteroatoms. The first kappa shape index (κ1) is 15.4. The lowest BCUT2D eigenvalue weighted by molar-refractivity contribution is 0.116. The molecule has 0 saturated carbocycles. The fraction of sp³-hybridized carbons (Fsp3) is 0.412. The van der Waals surface area contributed by atoms with E-state index in [1.54, 1.807) is 0 Å².